The van der Waals surface area contributed by atoms with Gasteiger partial charge in [-0.15, -0.1) is 0 Å². The maximum Gasteiger partial charge on any atom is 0.416 e. The summed E-state index contributed by atoms with van der Waals surface area (Å²) in [5.41, 5.74) is 2.07. The molecule has 1 saturated heterocycles. The number of hydrogen-bond acceptors (Lipinski definition) is 5. The highest BCUT2D eigenvalue weighted by Crippen LogP contribution is 2.20. The number of rotatable bonds is 15. The Labute approximate surface area is 214 Å². The Hall–Kier alpha value is -3.35. The van der Waals surface area contributed by atoms with Gasteiger partial charge >= 0.3 is 12.2 Å². The minimum absolute atomic E-state index is 0.131. The summed E-state index contributed by atoms with van der Waals surface area (Å²) in [5, 5.41) is 2.80. The number of hydrogen-bond donors (Lipinski definition) is 1. The van der Waals surface area contributed by atoms with Gasteiger partial charge in [0.2, 0.25) is 5.91 Å². The quantitative estimate of drug-likeness (QED) is 0.306. The lowest BCUT2D eigenvalue weighted by atomic mass is 10.0. The zero-order chi connectivity index (χ0) is 25.4. The molecule has 2 aromatic rings. The Morgan fingerprint density at radius 1 is 0.833 bits per heavy atom. The van der Waals surface area contributed by atoms with Crippen LogP contribution >= 0.6 is 0 Å². The molecule has 1 aliphatic heterocycles. The Bertz CT molecular complexity index is 935. The van der Waals surface area contributed by atoms with Crippen molar-refractivity contribution in [2.75, 3.05) is 13.2 Å². The van der Waals surface area contributed by atoms with E-state index >= 15 is 0 Å². The number of nitrogens with zero attached hydrogens (tertiary/aromatic N) is 1. The lowest BCUT2D eigenvalue weighted by molar-refractivity contribution is -0.129. The molecule has 1 fully saturated rings. The first-order valence-electron chi connectivity index (χ1n) is 13.1. The van der Waals surface area contributed by atoms with Gasteiger partial charge in [-0.3, -0.25) is 4.79 Å². The largest absolute Gasteiger partial charge is 0.447 e. The predicted octanol–water partition coefficient (Wildman–Crippen LogP) is 6.01. The van der Waals surface area contributed by atoms with Crippen molar-refractivity contribution in [3.63, 3.8) is 0 Å². The van der Waals surface area contributed by atoms with Gasteiger partial charge in [0.25, 0.3) is 0 Å². The normalized spacial score (nSPS) is 14.9. The molecule has 3 amide bonds. The number of imide groups is 1. The number of carbonyl (C=O) groups excluding carboxylic acids is 3. The van der Waals surface area contributed by atoms with E-state index in [2.05, 4.69) is 5.32 Å². The summed E-state index contributed by atoms with van der Waals surface area (Å²) in [7, 11) is 0. The van der Waals surface area contributed by atoms with Crippen molar-refractivity contribution in [1.82, 2.24) is 10.2 Å². The van der Waals surface area contributed by atoms with E-state index in [4.69, 9.17) is 9.47 Å². The smallest absolute Gasteiger partial charge is 0.416 e. The molecule has 1 atom stereocenters. The first kappa shape index (κ1) is 27.2. The maximum absolute atomic E-state index is 12.6. The fourth-order valence-corrected chi connectivity index (χ4v) is 4.35. The topological polar surface area (TPSA) is 84.9 Å². The summed E-state index contributed by atoms with van der Waals surface area (Å²) in [5.74, 6) is -0.131. The van der Waals surface area contributed by atoms with E-state index < -0.39 is 6.09 Å². The van der Waals surface area contributed by atoms with E-state index in [0.717, 1.165) is 62.5 Å². The van der Waals surface area contributed by atoms with Crippen molar-refractivity contribution in [2.45, 2.75) is 76.9 Å². The predicted molar refractivity (Wildman–Crippen MR) is 138 cm³/mol. The van der Waals surface area contributed by atoms with Crippen molar-refractivity contribution in [3.05, 3.63) is 71.8 Å². The van der Waals surface area contributed by atoms with E-state index in [1.54, 1.807) is 0 Å². The molecule has 1 heterocycles. The van der Waals surface area contributed by atoms with Gasteiger partial charge in [-0.1, -0.05) is 99.2 Å². The summed E-state index contributed by atoms with van der Waals surface area (Å²) in [6.45, 7) is 1.18. The van der Waals surface area contributed by atoms with Crippen LogP contribution in [0.2, 0.25) is 0 Å². The van der Waals surface area contributed by atoms with Crippen LogP contribution in [0, 0.1) is 0 Å². The molecule has 0 bridgehead atoms. The van der Waals surface area contributed by atoms with Gasteiger partial charge in [0.15, 0.2) is 0 Å². The van der Waals surface area contributed by atoms with Crippen LogP contribution in [-0.2, 0) is 27.3 Å². The minimum Gasteiger partial charge on any atom is -0.447 e. The first-order valence-corrected chi connectivity index (χ1v) is 13.1. The van der Waals surface area contributed by atoms with Gasteiger partial charge in [0.05, 0.1) is 6.04 Å². The average molecular weight is 495 g/mol. The summed E-state index contributed by atoms with van der Waals surface area (Å²) in [6, 6.07) is 19.3. The van der Waals surface area contributed by atoms with Gasteiger partial charge < -0.3 is 14.8 Å². The molecule has 2 aromatic carbocycles. The Morgan fingerprint density at radius 2 is 1.42 bits per heavy atom. The second-order valence-electron chi connectivity index (χ2n) is 9.25. The lowest BCUT2D eigenvalue weighted by Gasteiger charge is -2.19. The van der Waals surface area contributed by atoms with Crippen LogP contribution in [0.15, 0.2) is 60.7 Å². The molecule has 0 aliphatic carbocycles. The number of benzene rings is 2. The summed E-state index contributed by atoms with van der Waals surface area (Å²) in [6.07, 6.45) is 8.37. The van der Waals surface area contributed by atoms with Crippen LogP contribution in [0.5, 0.6) is 0 Å². The standard InChI is InChI=1S/C29H38N2O5/c32-27(31-26(23-36-29(31)34)21-24-15-9-7-10-16-24)19-13-5-3-1-2-4-6-14-20-30-28(33)35-22-25-17-11-8-12-18-25/h7-12,15-18,26H,1-6,13-14,19-23H2,(H,30,33). The second-order valence-corrected chi connectivity index (χ2v) is 9.25. The van der Waals surface area contributed by atoms with E-state index in [1.807, 2.05) is 60.7 Å². The number of ether oxygens (including phenoxy) is 2. The van der Waals surface area contributed by atoms with Crippen LogP contribution in [-0.4, -0.2) is 42.2 Å². The molecule has 1 unspecified atom stereocenters. The molecule has 194 valence electrons. The summed E-state index contributed by atoms with van der Waals surface area (Å²) < 4.78 is 10.3. The third-order valence-corrected chi connectivity index (χ3v) is 6.34. The zero-order valence-electron chi connectivity index (χ0n) is 21.0. The summed E-state index contributed by atoms with van der Waals surface area (Å²) in [4.78, 5) is 37.8. The highest BCUT2D eigenvalue weighted by atomic mass is 16.6. The van der Waals surface area contributed by atoms with Gasteiger partial charge in [0.1, 0.15) is 13.2 Å². The van der Waals surface area contributed by atoms with Crippen LogP contribution in [0.1, 0.15) is 68.9 Å². The van der Waals surface area contributed by atoms with Crippen molar-refractivity contribution >= 4 is 18.1 Å². The number of carbonyl (C=O) groups is 3. The third kappa shape index (κ3) is 9.72. The SMILES string of the molecule is O=C(NCCCCCCCCCCC(=O)N1C(=O)OCC1Cc1ccccc1)OCc1ccccc1. The van der Waals surface area contributed by atoms with Gasteiger partial charge in [-0.05, 0) is 30.4 Å². The highest BCUT2D eigenvalue weighted by Gasteiger charge is 2.37. The van der Waals surface area contributed by atoms with Gasteiger partial charge in [-0.2, -0.15) is 0 Å². The Morgan fingerprint density at radius 3 is 2.08 bits per heavy atom. The highest BCUT2D eigenvalue weighted by molar-refractivity contribution is 5.93. The number of alkyl carbamates (subject to hydrolysis) is 1. The van der Waals surface area contributed by atoms with Crippen molar-refractivity contribution in [2.24, 2.45) is 0 Å². The molecule has 0 radical (unpaired) electrons. The molecule has 0 spiro atoms. The van der Waals surface area contributed by atoms with Crippen LogP contribution in [0.3, 0.4) is 0 Å². The first-order chi connectivity index (χ1) is 17.6. The van der Waals surface area contributed by atoms with Crippen molar-refractivity contribution in [1.29, 1.82) is 0 Å². The Kier molecular flexibility index (Phi) is 11.8. The molecule has 7 heteroatoms. The third-order valence-electron chi connectivity index (χ3n) is 6.34. The molecule has 1 aliphatic rings. The minimum atomic E-state index is -0.514. The molecule has 0 aromatic heterocycles. The molecular weight excluding hydrogens is 456 g/mol. The number of nitrogens with one attached hydrogen (secondary N) is 1. The average Bonchev–Trinajstić information content (AvgIpc) is 3.26. The maximum atomic E-state index is 12.6. The Balaban J connectivity index is 1.16. The van der Waals surface area contributed by atoms with Crippen LogP contribution in [0.25, 0.3) is 0 Å². The molecule has 36 heavy (non-hydrogen) atoms. The lowest BCUT2D eigenvalue weighted by Crippen LogP contribution is -2.40. The second kappa shape index (κ2) is 15.6. The number of amides is 3. The van der Waals surface area contributed by atoms with Gasteiger partial charge in [0, 0.05) is 13.0 Å². The fourth-order valence-electron chi connectivity index (χ4n) is 4.35. The van der Waals surface area contributed by atoms with E-state index in [-0.39, 0.29) is 31.3 Å². The molecule has 3 rings (SSSR count). The fraction of sp³-hybridized carbons (Fsp3) is 0.483. The zero-order valence-corrected chi connectivity index (χ0v) is 21.0. The van der Waals surface area contributed by atoms with Crippen LogP contribution < -0.4 is 5.32 Å². The molecular formula is C29H38N2O5. The molecule has 7 nitrogen and oxygen atoms in total. The number of unbranched alkanes of at least 4 members (excludes halogenated alkanes) is 7. The van der Waals surface area contributed by atoms with E-state index in [1.165, 1.54) is 4.90 Å². The number of cyclic esters (lactones) is 1. The van der Waals surface area contributed by atoms with E-state index in [9.17, 15) is 14.4 Å². The van der Waals surface area contributed by atoms with E-state index in [0.29, 0.717) is 19.4 Å². The van der Waals surface area contributed by atoms with Gasteiger partial charge in [-0.25, -0.2) is 14.5 Å². The molecule has 1 N–H and O–H groups in total. The van der Waals surface area contributed by atoms with Crippen LogP contribution in [0.4, 0.5) is 9.59 Å². The summed E-state index contributed by atoms with van der Waals surface area (Å²) >= 11 is 0. The molecule has 0 saturated carbocycles. The van der Waals surface area contributed by atoms with Crippen molar-refractivity contribution < 1.29 is 23.9 Å². The monoisotopic (exact) mass is 494 g/mol. The van der Waals surface area contributed by atoms with Crippen molar-refractivity contribution in [3.8, 4) is 0 Å².